The third-order valence-electron chi connectivity index (χ3n) is 4.89. The van der Waals surface area contributed by atoms with Gasteiger partial charge < -0.3 is 11.5 Å². The summed E-state index contributed by atoms with van der Waals surface area (Å²) >= 11 is 0. The van der Waals surface area contributed by atoms with E-state index in [-0.39, 0.29) is 16.9 Å². The highest BCUT2D eigenvalue weighted by molar-refractivity contribution is 5.37. The van der Waals surface area contributed by atoms with E-state index in [9.17, 15) is 0 Å². The van der Waals surface area contributed by atoms with Gasteiger partial charge >= 0.3 is 0 Å². The Bertz CT molecular complexity index is 447. The van der Waals surface area contributed by atoms with Gasteiger partial charge in [0.05, 0.1) is 0 Å². The summed E-state index contributed by atoms with van der Waals surface area (Å²) in [5.41, 5.74) is 16.8. The Balaban J connectivity index is 2.31. The van der Waals surface area contributed by atoms with Gasteiger partial charge in [-0.1, -0.05) is 45.4 Å². The van der Waals surface area contributed by atoms with Gasteiger partial charge in [0.25, 0.3) is 0 Å². The topological polar surface area (TPSA) is 52.0 Å². The first-order chi connectivity index (χ1) is 8.80. The van der Waals surface area contributed by atoms with Crippen LogP contribution < -0.4 is 11.5 Å². The predicted molar refractivity (Wildman–Crippen MR) is 82.1 cm³/mol. The van der Waals surface area contributed by atoms with E-state index in [0.29, 0.717) is 6.54 Å². The van der Waals surface area contributed by atoms with Crippen LogP contribution in [0.4, 0.5) is 0 Å². The lowest BCUT2D eigenvalue weighted by Gasteiger charge is -2.46. The first-order valence-electron chi connectivity index (χ1n) is 7.37. The monoisotopic (exact) mass is 260 g/mol. The average molecular weight is 260 g/mol. The van der Waals surface area contributed by atoms with Crippen molar-refractivity contribution < 1.29 is 0 Å². The van der Waals surface area contributed by atoms with E-state index in [2.05, 4.69) is 45.9 Å². The minimum atomic E-state index is 0.0836. The largest absolute Gasteiger partial charge is 0.330 e. The number of hydrogen-bond donors (Lipinski definition) is 2. The SMILES string of the molecule is Cc1cc(C(C)(C)C)ccc1C(N)C1(CN)CCC1. The maximum Gasteiger partial charge on any atom is 0.0366 e. The Morgan fingerprint density at radius 3 is 2.26 bits per heavy atom. The molecule has 2 nitrogen and oxygen atoms in total. The summed E-state index contributed by atoms with van der Waals surface area (Å²) in [5, 5.41) is 0. The standard InChI is InChI=1S/C17H28N2/c1-12-10-13(16(2,3)4)6-7-14(12)15(19)17(11-18)8-5-9-17/h6-7,10,15H,5,8-9,11,18-19H2,1-4H3. The molecule has 0 amide bonds. The van der Waals surface area contributed by atoms with E-state index < -0.39 is 0 Å². The van der Waals surface area contributed by atoms with Crippen molar-refractivity contribution in [3.05, 3.63) is 34.9 Å². The lowest BCUT2D eigenvalue weighted by atomic mass is 9.62. The van der Waals surface area contributed by atoms with Gasteiger partial charge in [-0.05, 0) is 48.4 Å². The molecular weight excluding hydrogens is 232 g/mol. The first-order valence-corrected chi connectivity index (χ1v) is 7.37. The van der Waals surface area contributed by atoms with Crippen molar-refractivity contribution in [3.63, 3.8) is 0 Å². The highest BCUT2D eigenvalue weighted by Crippen LogP contribution is 2.48. The van der Waals surface area contributed by atoms with Crippen LogP contribution in [-0.4, -0.2) is 6.54 Å². The molecule has 1 unspecified atom stereocenters. The summed E-state index contributed by atoms with van der Waals surface area (Å²) in [6, 6.07) is 6.82. The second-order valence-corrected chi connectivity index (χ2v) is 7.22. The van der Waals surface area contributed by atoms with Gasteiger partial charge in [0.2, 0.25) is 0 Å². The van der Waals surface area contributed by atoms with Crippen molar-refractivity contribution in [3.8, 4) is 0 Å². The minimum absolute atomic E-state index is 0.0836. The average Bonchev–Trinajstić information content (AvgIpc) is 2.26. The van der Waals surface area contributed by atoms with Crippen molar-refractivity contribution in [2.75, 3.05) is 6.54 Å². The first kappa shape index (κ1) is 14.5. The van der Waals surface area contributed by atoms with Crippen LogP contribution in [-0.2, 0) is 5.41 Å². The van der Waals surface area contributed by atoms with Gasteiger partial charge in [-0.15, -0.1) is 0 Å². The smallest absolute Gasteiger partial charge is 0.0366 e. The van der Waals surface area contributed by atoms with Crippen LogP contribution in [0.5, 0.6) is 0 Å². The van der Waals surface area contributed by atoms with Crippen LogP contribution in [0.1, 0.15) is 62.8 Å². The highest BCUT2D eigenvalue weighted by Gasteiger charge is 2.42. The van der Waals surface area contributed by atoms with Crippen LogP contribution in [0.15, 0.2) is 18.2 Å². The summed E-state index contributed by atoms with van der Waals surface area (Å²) < 4.78 is 0. The molecule has 1 aliphatic carbocycles. The quantitative estimate of drug-likeness (QED) is 0.875. The van der Waals surface area contributed by atoms with Crippen molar-refractivity contribution in [1.82, 2.24) is 0 Å². The molecule has 4 N–H and O–H groups in total. The number of hydrogen-bond acceptors (Lipinski definition) is 2. The molecule has 1 fully saturated rings. The van der Waals surface area contributed by atoms with Crippen LogP contribution in [0.3, 0.4) is 0 Å². The van der Waals surface area contributed by atoms with Gasteiger partial charge in [-0.3, -0.25) is 0 Å². The Morgan fingerprint density at radius 2 is 1.89 bits per heavy atom. The Hall–Kier alpha value is -0.860. The fraction of sp³-hybridized carbons (Fsp3) is 0.647. The molecule has 1 atom stereocenters. The van der Waals surface area contributed by atoms with Crippen molar-refractivity contribution >= 4 is 0 Å². The lowest BCUT2D eigenvalue weighted by Crippen LogP contribution is -2.46. The third-order valence-corrected chi connectivity index (χ3v) is 4.89. The molecule has 0 bridgehead atoms. The summed E-state index contributed by atoms with van der Waals surface area (Å²) in [6.45, 7) is 9.61. The molecule has 1 saturated carbocycles. The van der Waals surface area contributed by atoms with Crippen LogP contribution >= 0.6 is 0 Å². The van der Waals surface area contributed by atoms with Crippen molar-refractivity contribution in [2.24, 2.45) is 16.9 Å². The molecule has 2 rings (SSSR count). The Labute approximate surface area is 117 Å². The maximum absolute atomic E-state index is 6.53. The molecule has 1 aromatic carbocycles. The van der Waals surface area contributed by atoms with Gasteiger partial charge in [0.1, 0.15) is 0 Å². The molecule has 0 aromatic heterocycles. The van der Waals surface area contributed by atoms with E-state index in [0.717, 1.165) is 0 Å². The van der Waals surface area contributed by atoms with Crippen LogP contribution in [0.25, 0.3) is 0 Å². The summed E-state index contributed by atoms with van der Waals surface area (Å²) in [4.78, 5) is 0. The molecule has 19 heavy (non-hydrogen) atoms. The molecule has 2 heteroatoms. The zero-order valence-electron chi connectivity index (χ0n) is 12.8. The molecular formula is C17H28N2. The summed E-state index contributed by atoms with van der Waals surface area (Å²) in [6.07, 6.45) is 3.61. The van der Waals surface area contributed by atoms with Crippen LogP contribution in [0.2, 0.25) is 0 Å². The Morgan fingerprint density at radius 1 is 1.26 bits per heavy atom. The number of rotatable bonds is 3. The fourth-order valence-electron chi connectivity index (χ4n) is 3.09. The van der Waals surface area contributed by atoms with E-state index in [4.69, 9.17) is 11.5 Å². The van der Waals surface area contributed by atoms with Crippen molar-refractivity contribution in [1.29, 1.82) is 0 Å². The molecule has 0 aliphatic heterocycles. The molecule has 0 spiro atoms. The Kier molecular flexibility index (Phi) is 3.76. The van der Waals surface area contributed by atoms with Gasteiger partial charge in [-0.2, -0.15) is 0 Å². The van der Waals surface area contributed by atoms with E-state index in [1.54, 1.807) is 0 Å². The molecule has 0 saturated heterocycles. The third kappa shape index (κ3) is 2.56. The lowest BCUT2D eigenvalue weighted by molar-refractivity contribution is 0.104. The van der Waals surface area contributed by atoms with Gasteiger partial charge in [-0.25, -0.2) is 0 Å². The van der Waals surface area contributed by atoms with Gasteiger partial charge in [0.15, 0.2) is 0 Å². The fourth-order valence-corrected chi connectivity index (χ4v) is 3.09. The molecule has 1 aliphatic rings. The predicted octanol–water partition coefficient (Wildman–Crippen LogP) is 3.42. The minimum Gasteiger partial charge on any atom is -0.330 e. The number of nitrogens with two attached hydrogens (primary N) is 2. The second kappa shape index (κ2) is 4.92. The normalized spacial score (nSPS) is 19.9. The summed E-state index contributed by atoms with van der Waals surface area (Å²) in [7, 11) is 0. The van der Waals surface area contributed by atoms with Crippen molar-refractivity contribution in [2.45, 2.75) is 58.4 Å². The van der Waals surface area contributed by atoms with Gasteiger partial charge in [0, 0.05) is 11.5 Å². The zero-order chi connectivity index (χ0) is 14.3. The molecule has 0 radical (unpaired) electrons. The second-order valence-electron chi connectivity index (χ2n) is 7.22. The van der Waals surface area contributed by atoms with Crippen LogP contribution in [0, 0.1) is 12.3 Å². The molecule has 0 heterocycles. The summed E-state index contributed by atoms with van der Waals surface area (Å²) in [5.74, 6) is 0. The van der Waals surface area contributed by atoms with E-state index in [1.165, 1.54) is 36.0 Å². The molecule has 1 aromatic rings. The van der Waals surface area contributed by atoms with E-state index >= 15 is 0 Å². The highest BCUT2D eigenvalue weighted by atomic mass is 14.8. The van der Waals surface area contributed by atoms with E-state index in [1.807, 2.05) is 0 Å². The maximum atomic E-state index is 6.53. The zero-order valence-corrected chi connectivity index (χ0v) is 12.8. The number of aryl methyl sites for hydroxylation is 1. The number of benzene rings is 1. The molecule has 106 valence electrons.